The molecule has 1 unspecified atom stereocenters. The molecule has 1 aliphatic rings. The monoisotopic (exact) mass is 272 g/mol. The van der Waals surface area contributed by atoms with Crippen molar-refractivity contribution in [2.45, 2.75) is 39.7 Å². The minimum absolute atomic E-state index is 0.279. The standard InChI is InChI=1S/C15H32N2O2/c1-5-16-11-15(7-6-9-18-13-15)12-17(4)8-10-19-14(2)3/h14,16H,5-13H2,1-4H3. The van der Waals surface area contributed by atoms with Crippen molar-refractivity contribution in [2.75, 3.05) is 53.0 Å². The summed E-state index contributed by atoms with van der Waals surface area (Å²) < 4.78 is 11.4. The van der Waals surface area contributed by atoms with Gasteiger partial charge in [-0.3, -0.25) is 0 Å². The Morgan fingerprint density at radius 1 is 1.42 bits per heavy atom. The van der Waals surface area contributed by atoms with Crippen LogP contribution in [0, 0.1) is 5.41 Å². The number of ether oxygens (including phenoxy) is 2. The van der Waals surface area contributed by atoms with Gasteiger partial charge in [-0.2, -0.15) is 0 Å². The number of rotatable bonds is 9. The van der Waals surface area contributed by atoms with Crippen molar-refractivity contribution < 1.29 is 9.47 Å². The predicted octanol–water partition coefficient (Wildman–Crippen LogP) is 1.75. The molecule has 114 valence electrons. The highest BCUT2D eigenvalue weighted by atomic mass is 16.5. The molecule has 1 rings (SSSR count). The third-order valence-corrected chi connectivity index (χ3v) is 3.68. The van der Waals surface area contributed by atoms with Gasteiger partial charge in [0.05, 0.1) is 19.3 Å². The van der Waals surface area contributed by atoms with E-state index in [1.54, 1.807) is 0 Å². The SMILES string of the molecule is CCNCC1(CN(C)CCOC(C)C)CCCOC1. The summed E-state index contributed by atoms with van der Waals surface area (Å²) in [4.78, 5) is 2.38. The molecule has 0 bridgehead atoms. The summed E-state index contributed by atoms with van der Waals surface area (Å²) in [5, 5.41) is 3.50. The maximum atomic E-state index is 5.73. The summed E-state index contributed by atoms with van der Waals surface area (Å²) in [6, 6.07) is 0. The van der Waals surface area contributed by atoms with E-state index < -0.39 is 0 Å². The summed E-state index contributed by atoms with van der Waals surface area (Å²) in [5.41, 5.74) is 0.279. The Labute approximate surface area is 118 Å². The molecule has 1 saturated heterocycles. The highest BCUT2D eigenvalue weighted by Gasteiger charge is 2.33. The summed E-state index contributed by atoms with van der Waals surface area (Å²) in [6.45, 7) is 13.1. The molecular formula is C15H32N2O2. The van der Waals surface area contributed by atoms with Crippen LogP contribution in [-0.4, -0.2) is 64.1 Å². The molecule has 1 fully saturated rings. The van der Waals surface area contributed by atoms with Gasteiger partial charge < -0.3 is 19.7 Å². The van der Waals surface area contributed by atoms with Gasteiger partial charge in [-0.05, 0) is 40.3 Å². The second kappa shape index (κ2) is 8.90. The Kier molecular flexibility index (Phi) is 7.91. The van der Waals surface area contributed by atoms with Crippen LogP contribution in [0.5, 0.6) is 0 Å². The first-order valence-corrected chi connectivity index (χ1v) is 7.66. The Morgan fingerprint density at radius 3 is 2.79 bits per heavy atom. The van der Waals surface area contributed by atoms with Gasteiger partial charge in [0, 0.05) is 31.7 Å². The lowest BCUT2D eigenvalue weighted by Crippen LogP contribution is -2.48. The van der Waals surface area contributed by atoms with Crippen molar-refractivity contribution in [3.05, 3.63) is 0 Å². The first-order valence-electron chi connectivity index (χ1n) is 7.66. The molecule has 0 aliphatic carbocycles. The molecule has 1 N–H and O–H groups in total. The van der Waals surface area contributed by atoms with E-state index in [0.29, 0.717) is 6.10 Å². The molecule has 4 heteroatoms. The summed E-state index contributed by atoms with van der Waals surface area (Å²) >= 11 is 0. The lowest BCUT2D eigenvalue weighted by molar-refractivity contribution is -0.0273. The van der Waals surface area contributed by atoms with Crippen molar-refractivity contribution in [3.63, 3.8) is 0 Å². The third-order valence-electron chi connectivity index (χ3n) is 3.68. The van der Waals surface area contributed by atoms with Crippen LogP contribution in [0.4, 0.5) is 0 Å². The number of hydrogen-bond acceptors (Lipinski definition) is 4. The van der Waals surface area contributed by atoms with Gasteiger partial charge in [0.25, 0.3) is 0 Å². The quantitative estimate of drug-likeness (QED) is 0.693. The number of nitrogens with zero attached hydrogens (tertiary/aromatic N) is 1. The highest BCUT2D eigenvalue weighted by molar-refractivity contribution is 4.86. The molecule has 1 heterocycles. The van der Waals surface area contributed by atoms with Gasteiger partial charge in [-0.1, -0.05) is 6.92 Å². The van der Waals surface area contributed by atoms with Crippen molar-refractivity contribution in [3.8, 4) is 0 Å². The molecular weight excluding hydrogens is 240 g/mol. The second-order valence-electron chi connectivity index (χ2n) is 6.09. The fraction of sp³-hybridized carbons (Fsp3) is 1.00. The number of likely N-dealkylation sites (N-methyl/N-ethyl adjacent to an activating group) is 1. The molecule has 1 atom stereocenters. The topological polar surface area (TPSA) is 33.7 Å². The Hall–Kier alpha value is -0.160. The lowest BCUT2D eigenvalue weighted by atomic mass is 9.81. The van der Waals surface area contributed by atoms with E-state index in [9.17, 15) is 0 Å². The van der Waals surface area contributed by atoms with E-state index in [0.717, 1.165) is 46.0 Å². The van der Waals surface area contributed by atoms with E-state index in [-0.39, 0.29) is 5.41 Å². The van der Waals surface area contributed by atoms with Crippen molar-refractivity contribution >= 4 is 0 Å². The number of hydrogen-bond donors (Lipinski definition) is 1. The summed E-state index contributed by atoms with van der Waals surface area (Å²) in [7, 11) is 2.19. The zero-order valence-corrected chi connectivity index (χ0v) is 13.2. The van der Waals surface area contributed by atoms with Gasteiger partial charge in [0.1, 0.15) is 0 Å². The third kappa shape index (κ3) is 6.70. The van der Waals surface area contributed by atoms with E-state index in [1.165, 1.54) is 12.8 Å². The Morgan fingerprint density at radius 2 is 2.21 bits per heavy atom. The molecule has 1 aliphatic heterocycles. The van der Waals surface area contributed by atoms with Crippen molar-refractivity contribution in [2.24, 2.45) is 5.41 Å². The molecule has 19 heavy (non-hydrogen) atoms. The number of nitrogens with one attached hydrogen (secondary N) is 1. The van der Waals surface area contributed by atoms with E-state index in [4.69, 9.17) is 9.47 Å². The molecule has 0 aromatic heterocycles. The van der Waals surface area contributed by atoms with E-state index >= 15 is 0 Å². The van der Waals surface area contributed by atoms with Crippen LogP contribution in [0.15, 0.2) is 0 Å². The van der Waals surface area contributed by atoms with Crippen molar-refractivity contribution in [1.29, 1.82) is 0 Å². The average molecular weight is 272 g/mol. The van der Waals surface area contributed by atoms with E-state index in [1.807, 2.05) is 0 Å². The normalized spacial score (nSPS) is 24.3. The van der Waals surface area contributed by atoms with Crippen LogP contribution in [0.1, 0.15) is 33.6 Å². The van der Waals surface area contributed by atoms with Gasteiger partial charge in [-0.15, -0.1) is 0 Å². The van der Waals surface area contributed by atoms with Crippen LogP contribution < -0.4 is 5.32 Å². The maximum absolute atomic E-state index is 5.73. The summed E-state index contributed by atoms with van der Waals surface area (Å²) in [5.74, 6) is 0. The first kappa shape index (κ1) is 16.9. The maximum Gasteiger partial charge on any atom is 0.0596 e. The molecule has 0 aromatic rings. The minimum Gasteiger partial charge on any atom is -0.381 e. The molecule has 0 radical (unpaired) electrons. The van der Waals surface area contributed by atoms with Crippen LogP contribution in [-0.2, 0) is 9.47 Å². The Balaban J connectivity index is 2.37. The molecule has 0 aromatic carbocycles. The van der Waals surface area contributed by atoms with Crippen LogP contribution in [0.2, 0.25) is 0 Å². The fourth-order valence-corrected chi connectivity index (χ4v) is 2.72. The molecule has 0 spiro atoms. The smallest absolute Gasteiger partial charge is 0.0596 e. The van der Waals surface area contributed by atoms with E-state index in [2.05, 4.69) is 38.0 Å². The summed E-state index contributed by atoms with van der Waals surface area (Å²) in [6.07, 6.45) is 2.76. The van der Waals surface area contributed by atoms with Crippen LogP contribution in [0.3, 0.4) is 0 Å². The molecule has 0 saturated carbocycles. The lowest BCUT2D eigenvalue weighted by Gasteiger charge is -2.40. The minimum atomic E-state index is 0.279. The Bertz CT molecular complexity index is 228. The average Bonchev–Trinajstić information content (AvgIpc) is 2.37. The largest absolute Gasteiger partial charge is 0.381 e. The second-order valence-corrected chi connectivity index (χ2v) is 6.09. The van der Waals surface area contributed by atoms with Gasteiger partial charge in [0.15, 0.2) is 0 Å². The first-order chi connectivity index (χ1) is 9.08. The predicted molar refractivity (Wildman–Crippen MR) is 79.6 cm³/mol. The van der Waals surface area contributed by atoms with Gasteiger partial charge >= 0.3 is 0 Å². The molecule has 0 amide bonds. The highest BCUT2D eigenvalue weighted by Crippen LogP contribution is 2.28. The zero-order chi connectivity index (χ0) is 14.1. The van der Waals surface area contributed by atoms with Crippen molar-refractivity contribution in [1.82, 2.24) is 10.2 Å². The zero-order valence-electron chi connectivity index (χ0n) is 13.2. The van der Waals surface area contributed by atoms with Gasteiger partial charge in [-0.25, -0.2) is 0 Å². The molecule has 4 nitrogen and oxygen atoms in total. The van der Waals surface area contributed by atoms with Crippen LogP contribution in [0.25, 0.3) is 0 Å². The van der Waals surface area contributed by atoms with Crippen LogP contribution >= 0.6 is 0 Å². The van der Waals surface area contributed by atoms with Gasteiger partial charge in [0.2, 0.25) is 0 Å². The fourth-order valence-electron chi connectivity index (χ4n) is 2.72.